The van der Waals surface area contributed by atoms with Crippen LogP contribution in [0.15, 0.2) is 17.2 Å². The van der Waals surface area contributed by atoms with E-state index in [-0.39, 0.29) is 15.1 Å². The number of pyridine rings is 1. The first-order valence-electron chi connectivity index (χ1n) is 5.25. The SMILES string of the molecule is CC1(NS(=O)(=O)c2cnc(Cl)c(Cl)c2)CCOC1. The van der Waals surface area contributed by atoms with Gasteiger partial charge in [0.25, 0.3) is 0 Å². The summed E-state index contributed by atoms with van der Waals surface area (Å²) in [5, 5.41) is 0.179. The third-order valence-electron chi connectivity index (χ3n) is 2.68. The summed E-state index contributed by atoms with van der Waals surface area (Å²) in [7, 11) is -3.68. The van der Waals surface area contributed by atoms with Crippen LogP contribution in [0.25, 0.3) is 0 Å². The van der Waals surface area contributed by atoms with Crippen LogP contribution in [0.5, 0.6) is 0 Å². The van der Waals surface area contributed by atoms with Gasteiger partial charge < -0.3 is 4.74 Å². The van der Waals surface area contributed by atoms with Crippen LogP contribution in [0.4, 0.5) is 0 Å². The summed E-state index contributed by atoms with van der Waals surface area (Å²) < 4.78 is 32.1. The molecule has 0 aromatic carbocycles. The number of aromatic nitrogens is 1. The first-order chi connectivity index (χ1) is 8.32. The zero-order valence-corrected chi connectivity index (χ0v) is 11.9. The van der Waals surface area contributed by atoms with Crippen molar-refractivity contribution in [2.24, 2.45) is 0 Å². The lowest BCUT2D eigenvalue weighted by atomic mass is 10.0. The second kappa shape index (κ2) is 4.94. The minimum atomic E-state index is -3.68. The van der Waals surface area contributed by atoms with Gasteiger partial charge in [0, 0.05) is 12.8 Å². The molecule has 1 aromatic heterocycles. The second-order valence-electron chi connectivity index (χ2n) is 4.41. The number of hydrogen-bond donors (Lipinski definition) is 1. The second-order valence-corrected chi connectivity index (χ2v) is 6.86. The summed E-state index contributed by atoms with van der Waals surface area (Å²) in [4.78, 5) is 3.72. The molecule has 5 nitrogen and oxygen atoms in total. The Morgan fingerprint density at radius 1 is 1.50 bits per heavy atom. The highest BCUT2D eigenvalue weighted by molar-refractivity contribution is 7.89. The minimum absolute atomic E-state index is 0.00924. The van der Waals surface area contributed by atoms with Crippen molar-refractivity contribution < 1.29 is 13.2 Å². The summed E-state index contributed by atoms with van der Waals surface area (Å²) in [5.74, 6) is 0. The molecule has 2 heterocycles. The van der Waals surface area contributed by atoms with Gasteiger partial charge in [0.1, 0.15) is 10.0 Å². The van der Waals surface area contributed by atoms with Crippen molar-refractivity contribution in [2.75, 3.05) is 13.2 Å². The molecule has 0 radical (unpaired) electrons. The van der Waals surface area contributed by atoms with Crippen molar-refractivity contribution in [3.63, 3.8) is 0 Å². The molecular formula is C10H12Cl2N2O3S. The Bertz CT molecular complexity index is 556. The van der Waals surface area contributed by atoms with E-state index in [0.717, 1.165) is 0 Å². The Kier molecular flexibility index (Phi) is 3.85. The highest BCUT2D eigenvalue weighted by Gasteiger charge is 2.34. The van der Waals surface area contributed by atoms with Crippen LogP contribution in [-0.4, -0.2) is 32.2 Å². The smallest absolute Gasteiger partial charge is 0.242 e. The standard InChI is InChI=1S/C10H12Cl2N2O3S/c1-10(2-3-17-6-10)14-18(15,16)7-4-8(11)9(12)13-5-7/h4-5,14H,2-3,6H2,1H3. The zero-order chi connectivity index (χ0) is 13.4. The van der Waals surface area contributed by atoms with Crippen molar-refractivity contribution in [3.8, 4) is 0 Å². The van der Waals surface area contributed by atoms with Crippen LogP contribution < -0.4 is 4.72 Å². The summed E-state index contributed by atoms with van der Waals surface area (Å²) in [6.45, 7) is 2.68. The summed E-state index contributed by atoms with van der Waals surface area (Å²) in [6, 6.07) is 1.28. The molecule has 0 bridgehead atoms. The number of sulfonamides is 1. The third kappa shape index (κ3) is 2.95. The zero-order valence-electron chi connectivity index (χ0n) is 9.61. The van der Waals surface area contributed by atoms with E-state index in [2.05, 4.69) is 9.71 Å². The lowest BCUT2D eigenvalue weighted by molar-refractivity contribution is 0.178. The predicted octanol–water partition coefficient (Wildman–Crippen LogP) is 1.85. The maximum Gasteiger partial charge on any atom is 0.242 e. The van der Waals surface area contributed by atoms with E-state index in [4.69, 9.17) is 27.9 Å². The fourth-order valence-corrected chi connectivity index (χ4v) is 3.41. The monoisotopic (exact) mass is 310 g/mol. The predicted molar refractivity (Wildman–Crippen MR) is 68.4 cm³/mol. The van der Waals surface area contributed by atoms with Gasteiger partial charge in [-0.25, -0.2) is 18.1 Å². The van der Waals surface area contributed by atoms with Crippen molar-refractivity contribution in [1.29, 1.82) is 0 Å². The topological polar surface area (TPSA) is 68.3 Å². The maximum absolute atomic E-state index is 12.1. The normalized spacial score (nSPS) is 24.4. The molecule has 2 rings (SSSR count). The fraction of sp³-hybridized carbons (Fsp3) is 0.500. The Labute approximate surface area is 116 Å². The van der Waals surface area contributed by atoms with Gasteiger partial charge in [0.15, 0.2) is 0 Å². The molecule has 0 saturated carbocycles. The molecule has 0 spiro atoms. The Balaban J connectivity index is 2.27. The number of nitrogens with one attached hydrogen (secondary N) is 1. The molecule has 0 aliphatic carbocycles. The van der Waals surface area contributed by atoms with Gasteiger partial charge in [0.2, 0.25) is 10.0 Å². The number of ether oxygens (including phenoxy) is 1. The Morgan fingerprint density at radius 3 is 2.78 bits per heavy atom. The van der Waals surface area contributed by atoms with E-state index in [1.165, 1.54) is 12.3 Å². The van der Waals surface area contributed by atoms with Crippen LogP contribution in [0.3, 0.4) is 0 Å². The molecule has 0 amide bonds. The van der Waals surface area contributed by atoms with E-state index >= 15 is 0 Å². The van der Waals surface area contributed by atoms with Gasteiger partial charge in [-0.3, -0.25) is 0 Å². The van der Waals surface area contributed by atoms with Gasteiger partial charge in [0.05, 0.1) is 17.2 Å². The van der Waals surface area contributed by atoms with E-state index in [9.17, 15) is 8.42 Å². The Morgan fingerprint density at radius 2 is 2.22 bits per heavy atom. The van der Waals surface area contributed by atoms with Crippen LogP contribution in [0.2, 0.25) is 10.2 Å². The van der Waals surface area contributed by atoms with Gasteiger partial charge in [-0.15, -0.1) is 0 Å². The van der Waals surface area contributed by atoms with Crippen LogP contribution in [0.1, 0.15) is 13.3 Å². The molecule has 1 fully saturated rings. The number of hydrogen-bond acceptors (Lipinski definition) is 4. The summed E-state index contributed by atoms with van der Waals surface area (Å²) >= 11 is 11.4. The minimum Gasteiger partial charge on any atom is -0.379 e. The molecule has 1 unspecified atom stereocenters. The maximum atomic E-state index is 12.1. The van der Waals surface area contributed by atoms with E-state index < -0.39 is 15.6 Å². The lowest BCUT2D eigenvalue weighted by Gasteiger charge is -2.23. The Hall–Kier alpha value is -0.400. The number of halogens is 2. The molecule has 1 N–H and O–H groups in total. The molecule has 1 atom stereocenters. The third-order valence-corrected chi connectivity index (χ3v) is 4.97. The fourth-order valence-electron chi connectivity index (χ4n) is 1.68. The molecule has 1 aliphatic rings. The molecule has 18 heavy (non-hydrogen) atoms. The number of rotatable bonds is 3. The summed E-state index contributed by atoms with van der Waals surface area (Å²) in [6.07, 6.45) is 1.80. The molecule has 8 heteroatoms. The van der Waals surface area contributed by atoms with E-state index in [0.29, 0.717) is 19.6 Å². The molecule has 1 aromatic rings. The summed E-state index contributed by atoms with van der Waals surface area (Å²) in [5.41, 5.74) is -0.592. The van der Waals surface area contributed by atoms with Crippen LogP contribution in [0, 0.1) is 0 Å². The molecule has 1 saturated heterocycles. The van der Waals surface area contributed by atoms with Gasteiger partial charge in [-0.2, -0.15) is 0 Å². The molecule has 1 aliphatic heterocycles. The van der Waals surface area contributed by atoms with Gasteiger partial charge in [-0.05, 0) is 19.4 Å². The average molecular weight is 311 g/mol. The van der Waals surface area contributed by atoms with Crippen molar-refractivity contribution in [3.05, 3.63) is 22.4 Å². The highest BCUT2D eigenvalue weighted by atomic mass is 35.5. The van der Waals surface area contributed by atoms with Crippen molar-refractivity contribution in [1.82, 2.24) is 9.71 Å². The quantitative estimate of drug-likeness (QED) is 0.865. The number of nitrogens with zero attached hydrogens (tertiary/aromatic N) is 1. The largest absolute Gasteiger partial charge is 0.379 e. The highest BCUT2D eigenvalue weighted by Crippen LogP contribution is 2.25. The first kappa shape index (κ1) is 14.0. The molecule has 100 valence electrons. The van der Waals surface area contributed by atoms with Crippen molar-refractivity contribution >= 4 is 33.2 Å². The van der Waals surface area contributed by atoms with Crippen molar-refractivity contribution in [2.45, 2.75) is 23.8 Å². The van der Waals surface area contributed by atoms with E-state index in [1.54, 1.807) is 6.92 Å². The van der Waals surface area contributed by atoms with Gasteiger partial charge in [-0.1, -0.05) is 23.2 Å². The average Bonchev–Trinajstić information content (AvgIpc) is 2.67. The van der Waals surface area contributed by atoms with Crippen LogP contribution >= 0.6 is 23.2 Å². The van der Waals surface area contributed by atoms with Gasteiger partial charge >= 0.3 is 0 Å². The van der Waals surface area contributed by atoms with E-state index in [1.807, 2.05) is 0 Å². The lowest BCUT2D eigenvalue weighted by Crippen LogP contribution is -2.46. The first-order valence-corrected chi connectivity index (χ1v) is 7.49. The molecular weight excluding hydrogens is 299 g/mol. The van der Waals surface area contributed by atoms with Crippen LogP contribution in [-0.2, 0) is 14.8 Å².